The van der Waals surface area contributed by atoms with Crippen LogP contribution in [0.2, 0.25) is 5.02 Å². The number of carbonyl (C=O) groups excluding carboxylic acids is 1. The van der Waals surface area contributed by atoms with Gasteiger partial charge < -0.3 is 0 Å². The van der Waals surface area contributed by atoms with Crippen molar-refractivity contribution in [1.29, 1.82) is 0 Å². The lowest BCUT2D eigenvalue weighted by molar-refractivity contribution is -0.132. The molecule has 1 atom stereocenters. The fraction of sp³-hybridized carbons (Fsp3) is 0.200. The summed E-state index contributed by atoms with van der Waals surface area (Å²) < 4.78 is 0. The van der Waals surface area contributed by atoms with E-state index in [1.165, 1.54) is 7.11 Å². The maximum absolute atomic E-state index is 12.1. The molecule has 1 aromatic carbocycles. The van der Waals surface area contributed by atoms with E-state index in [1.807, 2.05) is 24.3 Å². The number of rotatable bonds is 5. The number of hydrogen-bond acceptors (Lipinski definition) is 3. The van der Waals surface area contributed by atoms with Crippen LogP contribution < -0.4 is 5.48 Å². The molecule has 0 saturated carbocycles. The van der Waals surface area contributed by atoms with E-state index >= 15 is 0 Å². The van der Waals surface area contributed by atoms with Gasteiger partial charge in [-0.3, -0.25) is 14.6 Å². The van der Waals surface area contributed by atoms with Crippen molar-refractivity contribution in [1.82, 2.24) is 10.5 Å². The molecule has 5 heteroatoms. The Morgan fingerprint density at radius 3 is 2.70 bits per heavy atom. The van der Waals surface area contributed by atoms with Crippen LogP contribution in [0.25, 0.3) is 0 Å². The van der Waals surface area contributed by atoms with E-state index in [4.69, 9.17) is 16.4 Å². The number of halogens is 1. The highest BCUT2D eigenvalue weighted by Gasteiger charge is 2.21. The zero-order chi connectivity index (χ0) is 14.4. The number of amides is 1. The SMILES string of the molecule is CONC(=O)C(Cc1cccnc1)c1ccc(Cl)cc1. The summed E-state index contributed by atoms with van der Waals surface area (Å²) in [5.41, 5.74) is 4.25. The maximum atomic E-state index is 12.1. The van der Waals surface area contributed by atoms with Gasteiger partial charge in [-0.2, -0.15) is 0 Å². The third-order valence-corrected chi connectivity index (χ3v) is 3.21. The molecule has 104 valence electrons. The van der Waals surface area contributed by atoms with Crippen molar-refractivity contribution < 1.29 is 9.63 Å². The normalized spacial score (nSPS) is 11.9. The van der Waals surface area contributed by atoms with Crippen LogP contribution in [0.3, 0.4) is 0 Å². The van der Waals surface area contributed by atoms with Crippen molar-refractivity contribution >= 4 is 17.5 Å². The number of hydroxylamine groups is 1. The minimum atomic E-state index is -0.351. The Balaban J connectivity index is 2.25. The van der Waals surface area contributed by atoms with E-state index in [9.17, 15) is 4.79 Å². The molecule has 4 nitrogen and oxygen atoms in total. The smallest absolute Gasteiger partial charge is 0.251 e. The first kappa shape index (κ1) is 14.5. The van der Waals surface area contributed by atoms with Gasteiger partial charge in [0.1, 0.15) is 0 Å². The molecule has 1 heterocycles. The van der Waals surface area contributed by atoms with Crippen LogP contribution in [0.4, 0.5) is 0 Å². The van der Waals surface area contributed by atoms with E-state index in [2.05, 4.69) is 10.5 Å². The van der Waals surface area contributed by atoms with E-state index in [1.54, 1.807) is 24.5 Å². The quantitative estimate of drug-likeness (QED) is 0.862. The average Bonchev–Trinajstić information content (AvgIpc) is 2.47. The Morgan fingerprint density at radius 1 is 1.35 bits per heavy atom. The van der Waals surface area contributed by atoms with Crippen molar-refractivity contribution in [3.05, 3.63) is 64.9 Å². The molecule has 1 aromatic heterocycles. The molecule has 0 aliphatic heterocycles. The standard InChI is InChI=1S/C15H15ClN2O2/c1-20-18-15(19)14(9-11-3-2-8-17-10-11)12-4-6-13(16)7-5-12/h2-8,10,14H,9H2,1H3,(H,18,19). The van der Waals surface area contributed by atoms with Crippen LogP contribution in [0, 0.1) is 0 Å². The lowest BCUT2D eigenvalue weighted by atomic mass is 9.92. The van der Waals surface area contributed by atoms with Gasteiger partial charge in [0.05, 0.1) is 13.0 Å². The fourth-order valence-corrected chi connectivity index (χ4v) is 2.11. The third kappa shape index (κ3) is 3.79. The summed E-state index contributed by atoms with van der Waals surface area (Å²) >= 11 is 5.88. The summed E-state index contributed by atoms with van der Waals surface area (Å²) in [4.78, 5) is 20.9. The minimum absolute atomic E-state index is 0.196. The summed E-state index contributed by atoms with van der Waals surface area (Å²) in [6, 6.07) is 11.0. The Bertz CT molecular complexity index is 558. The molecule has 1 N–H and O–H groups in total. The second-order valence-corrected chi connectivity index (χ2v) is 4.78. The summed E-state index contributed by atoms with van der Waals surface area (Å²) in [5.74, 6) is -0.546. The number of nitrogens with one attached hydrogen (secondary N) is 1. The highest BCUT2D eigenvalue weighted by Crippen LogP contribution is 2.22. The molecule has 0 bridgehead atoms. The lowest BCUT2D eigenvalue weighted by Gasteiger charge is -2.16. The minimum Gasteiger partial charge on any atom is -0.277 e. The molecule has 0 aliphatic carbocycles. The Hall–Kier alpha value is -1.91. The highest BCUT2D eigenvalue weighted by atomic mass is 35.5. The van der Waals surface area contributed by atoms with Gasteiger partial charge in [0.15, 0.2) is 0 Å². The predicted molar refractivity (Wildman–Crippen MR) is 77.3 cm³/mol. The van der Waals surface area contributed by atoms with Gasteiger partial charge in [-0.15, -0.1) is 0 Å². The first-order valence-corrected chi connectivity index (χ1v) is 6.55. The largest absolute Gasteiger partial charge is 0.277 e. The molecule has 0 radical (unpaired) electrons. The molecule has 20 heavy (non-hydrogen) atoms. The van der Waals surface area contributed by atoms with Gasteiger partial charge in [-0.05, 0) is 35.7 Å². The van der Waals surface area contributed by atoms with E-state index < -0.39 is 0 Å². The second-order valence-electron chi connectivity index (χ2n) is 4.34. The molecule has 0 spiro atoms. The first-order chi connectivity index (χ1) is 9.70. The fourth-order valence-electron chi connectivity index (χ4n) is 1.98. The highest BCUT2D eigenvalue weighted by molar-refractivity contribution is 6.30. The Kier molecular flexibility index (Phi) is 5.09. The third-order valence-electron chi connectivity index (χ3n) is 2.95. The number of benzene rings is 1. The van der Waals surface area contributed by atoms with Crippen molar-refractivity contribution in [3.63, 3.8) is 0 Å². The average molecular weight is 291 g/mol. The van der Waals surface area contributed by atoms with Crippen LogP contribution in [0.5, 0.6) is 0 Å². The first-order valence-electron chi connectivity index (χ1n) is 6.18. The van der Waals surface area contributed by atoms with Crippen LogP contribution >= 0.6 is 11.6 Å². The van der Waals surface area contributed by atoms with Gasteiger partial charge >= 0.3 is 0 Å². The predicted octanol–water partition coefficient (Wildman–Crippen LogP) is 2.74. The summed E-state index contributed by atoms with van der Waals surface area (Å²) in [6.45, 7) is 0. The van der Waals surface area contributed by atoms with Crippen molar-refractivity contribution in [2.45, 2.75) is 12.3 Å². The molecule has 1 amide bonds. The van der Waals surface area contributed by atoms with Crippen molar-refractivity contribution in [2.24, 2.45) is 0 Å². The van der Waals surface area contributed by atoms with Crippen molar-refractivity contribution in [2.75, 3.05) is 7.11 Å². The number of carbonyl (C=O) groups is 1. The molecule has 2 aromatic rings. The van der Waals surface area contributed by atoms with Gasteiger partial charge in [0.25, 0.3) is 5.91 Å². The molecule has 2 rings (SSSR count). The molecule has 1 unspecified atom stereocenters. The summed E-state index contributed by atoms with van der Waals surface area (Å²) in [7, 11) is 1.42. The Morgan fingerprint density at radius 2 is 2.10 bits per heavy atom. The topological polar surface area (TPSA) is 51.2 Å². The second kappa shape index (κ2) is 7.03. The summed E-state index contributed by atoms with van der Waals surface area (Å²) in [6.07, 6.45) is 4.00. The maximum Gasteiger partial charge on any atom is 0.251 e. The van der Waals surface area contributed by atoms with Gasteiger partial charge in [0.2, 0.25) is 0 Å². The van der Waals surface area contributed by atoms with Crippen LogP contribution in [-0.2, 0) is 16.1 Å². The molecule has 0 aliphatic rings. The van der Waals surface area contributed by atoms with Crippen molar-refractivity contribution in [3.8, 4) is 0 Å². The van der Waals surface area contributed by atoms with Gasteiger partial charge in [-0.1, -0.05) is 29.8 Å². The monoisotopic (exact) mass is 290 g/mol. The number of pyridine rings is 1. The number of aromatic nitrogens is 1. The van der Waals surface area contributed by atoms with Crippen LogP contribution in [0.15, 0.2) is 48.8 Å². The van der Waals surface area contributed by atoms with E-state index in [0.29, 0.717) is 11.4 Å². The van der Waals surface area contributed by atoms with E-state index in [-0.39, 0.29) is 11.8 Å². The Labute approximate surface area is 122 Å². The van der Waals surface area contributed by atoms with E-state index in [0.717, 1.165) is 11.1 Å². The molecular weight excluding hydrogens is 276 g/mol. The molecular formula is C15H15ClN2O2. The molecule has 0 fully saturated rings. The zero-order valence-electron chi connectivity index (χ0n) is 11.0. The number of nitrogens with zero attached hydrogens (tertiary/aromatic N) is 1. The zero-order valence-corrected chi connectivity index (χ0v) is 11.8. The van der Waals surface area contributed by atoms with Gasteiger partial charge in [0, 0.05) is 17.4 Å². The van der Waals surface area contributed by atoms with Gasteiger partial charge in [-0.25, -0.2) is 5.48 Å². The molecule has 0 saturated heterocycles. The summed E-state index contributed by atoms with van der Waals surface area (Å²) in [5, 5.41) is 0.640. The number of hydrogen-bond donors (Lipinski definition) is 1. The van der Waals surface area contributed by atoms with Crippen LogP contribution in [0.1, 0.15) is 17.0 Å². The van der Waals surface area contributed by atoms with Crippen LogP contribution in [-0.4, -0.2) is 18.0 Å². The lowest BCUT2D eigenvalue weighted by Crippen LogP contribution is -2.29.